The Morgan fingerprint density at radius 1 is 1.62 bits per heavy atom. The Labute approximate surface area is 98.9 Å². The monoisotopic (exact) mass is 243 g/mol. The molecule has 0 aromatic heterocycles. The van der Waals surface area contributed by atoms with Crippen LogP contribution in [0.1, 0.15) is 0 Å². The number of rotatable bonds is 4. The number of nitrogens with zero attached hydrogens (tertiary/aromatic N) is 1. The van der Waals surface area contributed by atoms with Crippen LogP contribution in [0, 0.1) is 0 Å². The third-order valence-electron chi connectivity index (χ3n) is 1.81. The molecular weight excluding hydrogens is 230 g/mol. The van der Waals surface area contributed by atoms with Crippen LogP contribution in [-0.4, -0.2) is 31.3 Å². The van der Waals surface area contributed by atoms with Crippen molar-refractivity contribution in [3.05, 3.63) is 23.2 Å². The van der Waals surface area contributed by atoms with Gasteiger partial charge in [0.1, 0.15) is 5.75 Å². The second-order valence-corrected chi connectivity index (χ2v) is 3.37. The molecule has 0 atom stereocenters. The summed E-state index contributed by atoms with van der Waals surface area (Å²) in [5.41, 5.74) is 6.28. The summed E-state index contributed by atoms with van der Waals surface area (Å²) in [5.74, 6) is 0.827. The number of ether oxygens (including phenoxy) is 1. The molecule has 0 saturated heterocycles. The van der Waals surface area contributed by atoms with E-state index >= 15 is 0 Å². The Kier molecular flexibility index (Phi) is 4.88. The van der Waals surface area contributed by atoms with E-state index in [9.17, 15) is 0 Å². The molecule has 1 aromatic carbocycles. The number of anilines is 1. The van der Waals surface area contributed by atoms with Crippen LogP contribution in [0.3, 0.4) is 0 Å². The van der Waals surface area contributed by atoms with Gasteiger partial charge >= 0.3 is 0 Å². The maximum atomic E-state index is 8.57. The van der Waals surface area contributed by atoms with Crippen LogP contribution in [-0.2, 0) is 0 Å². The standard InChI is InChI=1S/C10H14ClN3O2/c1-16-9-3-2-7(6-8(9)11)14-10(12)13-4-5-15/h2-3,6,15H,4-5H2,1H3,(H3,12,13,14). The van der Waals surface area contributed by atoms with Crippen molar-refractivity contribution < 1.29 is 9.84 Å². The summed E-state index contributed by atoms with van der Waals surface area (Å²) in [7, 11) is 1.55. The number of methoxy groups -OCH3 is 1. The average molecular weight is 244 g/mol. The number of aliphatic imine (C=N–C) groups is 1. The Balaban J connectivity index is 2.71. The zero-order chi connectivity index (χ0) is 12.0. The van der Waals surface area contributed by atoms with Crippen LogP contribution in [0.25, 0.3) is 0 Å². The minimum atomic E-state index is -0.0360. The molecule has 0 aliphatic carbocycles. The fourth-order valence-corrected chi connectivity index (χ4v) is 1.36. The molecule has 16 heavy (non-hydrogen) atoms. The second kappa shape index (κ2) is 6.19. The molecule has 88 valence electrons. The second-order valence-electron chi connectivity index (χ2n) is 2.96. The van der Waals surface area contributed by atoms with Crippen molar-refractivity contribution in [1.29, 1.82) is 0 Å². The summed E-state index contributed by atoms with van der Waals surface area (Å²) in [6.07, 6.45) is 0. The van der Waals surface area contributed by atoms with E-state index in [0.717, 1.165) is 0 Å². The van der Waals surface area contributed by atoms with Crippen LogP contribution in [0.4, 0.5) is 5.69 Å². The van der Waals surface area contributed by atoms with Gasteiger partial charge in [0.15, 0.2) is 5.96 Å². The Hall–Kier alpha value is -1.46. The number of halogens is 1. The zero-order valence-electron chi connectivity index (χ0n) is 8.90. The van der Waals surface area contributed by atoms with Gasteiger partial charge in [-0.25, -0.2) is 0 Å². The number of hydrogen-bond donors (Lipinski definition) is 3. The fraction of sp³-hybridized carbons (Fsp3) is 0.300. The molecule has 0 radical (unpaired) electrons. The van der Waals surface area contributed by atoms with E-state index < -0.39 is 0 Å². The van der Waals surface area contributed by atoms with E-state index in [1.54, 1.807) is 25.3 Å². The SMILES string of the molecule is COc1ccc(NC(N)=NCCO)cc1Cl. The molecule has 0 spiro atoms. The number of benzene rings is 1. The topological polar surface area (TPSA) is 79.9 Å². The summed E-state index contributed by atoms with van der Waals surface area (Å²) >= 11 is 5.93. The summed E-state index contributed by atoms with van der Waals surface area (Å²) in [6.45, 7) is 0.231. The highest BCUT2D eigenvalue weighted by atomic mass is 35.5. The molecular formula is C10H14ClN3O2. The lowest BCUT2D eigenvalue weighted by molar-refractivity contribution is 0.307. The van der Waals surface area contributed by atoms with E-state index in [0.29, 0.717) is 16.5 Å². The van der Waals surface area contributed by atoms with Gasteiger partial charge < -0.3 is 20.9 Å². The van der Waals surface area contributed by atoms with Crippen LogP contribution in [0.15, 0.2) is 23.2 Å². The van der Waals surface area contributed by atoms with Crippen molar-refractivity contribution in [3.63, 3.8) is 0 Å². The van der Waals surface area contributed by atoms with Crippen molar-refractivity contribution in [1.82, 2.24) is 0 Å². The van der Waals surface area contributed by atoms with Crippen LogP contribution >= 0.6 is 11.6 Å². The number of nitrogens with one attached hydrogen (secondary N) is 1. The van der Waals surface area contributed by atoms with Crippen molar-refractivity contribution in [2.75, 3.05) is 25.6 Å². The molecule has 6 heteroatoms. The number of nitrogens with two attached hydrogens (primary N) is 1. The van der Waals surface area contributed by atoms with E-state index in [4.69, 9.17) is 27.2 Å². The van der Waals surface area contributed by atoms with Crippen LogP contribution < -0.4 is 15.8 Å². The first-order valence-electron chi connectivity index (χ1n) is 4.68. The Bertz CT molecular complexity index is 382. The molecule has 0 saturated carbocycles. The van der Waals surface area contributed by atoms with Gasteiger partial charge in [0.2, 0.25) is 0 Å². The molecule has 1 rings (SSSR count). The third kappa shape index (κ3) is 3.60. The highest BCUT2D eigenvalue weighted by Crippen LogP contribution is 2.26. The Morgan fingerprint density at radius 2 is 2.38 bits per heavy atom. The van der Waals surface area contributed by atoms with E-state index in [1.165, 1.54) is 0 Å². The van der Waals surface area contributed by atoms with Gasteiger partial charge in [-0.1, -0.05) is 11.6 Å². The first-order chi connectivity index (χ1) is 7.67. The largest absolute Gasteiger partial charge is 0.495 e. The summed E-state index contributed by atoms with van der Waals surface area (Å²) in [6, 6.07) is 5.18. The lowest BCUT2D eigenvalue weighted by atomic mass is 10.3. The number of guanidine groups is 1. The summed E-state index contributed by atoms with van der Waals surface area (Å²) < 4.78 is 5.02. The molecule has 0 fully saturated rings. The number of aliphatic hydroxyl groups excluding tert-OH is 1. The van der Waals surface area contributed by atoms with Gasteiger partial charge in [-0.05, 0) is 18.2 Å². The van der Waals surface area contributed by atoms with Gasteiger partial charge in [-0.2, -0.15) is 0 Å². The minimum Gasteiger partial charge on any atom is -0.495 e. The summed E-state index contributed by atoms with van der Waals surface area (Å²) in [4.78, 5) is 3.87. The fourth-order valence-electron chi connectivity index (χ4n) is 1.10. The van der Waals surface area contributed by atoms with Crippen molar-refractivity contribution in [2.24, 2.45) is 10.7 Å². The van der Waals surface area contributed by atoms with Gasteiger partial charge in [0, 0.05) is 5.69 Å². The predicted molar refractivity (Wildman–Crippen MR) is 65.2 cm³/mol. The van der Waals surface area contributed by atoms with Gasteiger partial charge in [-0.3, -0.25) is 4.99 Å². The van der Waals surface area contributed by atoms with E-state index in [2.05, 4.69) is 10.3 Å². The maximum absolute atomic E-state index is 8.57. The zero-order valence-corrected chi connectivity index (χ0v) is 9.66. The third-order valence-corrected chi connectivity index (χ3v) is 2.10. The van der Waals surface area contributed by atoms with Crippen molar-refractivity contribution in [2.45, 2.75) is 0 Å². The minimum absolute atomic E-state index is 0.0360. The van der Waals surface area contributed by atoms with Crippen molar-refractivity contribution >= 4 is 23.2 Å². The molecule has 0 heterocycles. The lowest BCUT2D eigenvalue weighted by Gasteiger charge is -2.08. The molecule has 0 aliphatic rings. The molecule has 0 unspecified atom stereocenters. The van der Waals surface area contributed by atoms with E-state index in [1.807, 2.05) is 0 Å². The maximum Gasteiger partial charge on any atom is 0.193 e. The van der Waals surface area contributed by atoms with Crippen LogP contribution in [0.5, 0.6) is 5.75 Å². The lowest BCUT2D eigenvalue weighted by Crippen LogP contribution is -2.23. The smallest absolute Gasteiger partial charge is 0.193 e. The molecule has 1 aromatic rings. The highest BCUT2D eigenvalue weighted by Gasteiger charge is 2.02. The predicted octanol–water partition coefficient (Wildman–Crippen LogP) is 1.07. The first-order valence-corrected chi connectivity index (χ1v) is 5.06. The van der Waals surface area contributed by atoms with Gasteiger partial charge in [0.25, 0.3) is 0 Å². The normalized spacial score (nSPS) is 11.3. The summed E-state index contributed by atoms with van der Waals surface area (Å²) in [5, 5.41) is 11.9. The molecule has 0 bridgehead atoms. The number of aliphatic hydroxyl groups is 1. The average Bonchev–Trinajstić information content (AvgIpc) is 2.26. The van der Waals surface area contributed by atoms with Gasteiger partial charge in [0.05, 0.1) is 25.3 Å². The Morgan fingerprint density at radius 3 is 2.94 bits per heavy atom. The highest BCUT2D eigenvalue weighted by molar-refractivity contribution is 6.32. The van der Waals surface area contributed by atoms with Gasteiger partial charge in [-0.15, -0.1) is 0 Å². The van der Waals surface area contributed by atoms with Crippen LogP contribution in [0.2, 0.25) is 5.02 Å². The van der Waals surface area contributed by atoms with E-state index in [-0.39, 0.29) is 19.1 Å². The molecule has 0 amide bonds. The van der Waals surface area contributed by atoms with Crippen molar-refractivity contribution in [3.8, 4) is 5.75 Å². The quantitative estimate of drug-likeness (QED) is 0.546. The number of hydrogen-bond acceptors (Lipinski definition) is 3. The molecule has 4 N–H and O–H groups in total. The first kappa shape index (κ1) is 12.6. The molecule has 5 nitrogen and oxygen atoms in total. The molecule has 0 aliphatic heterocycles.